The molecule has 0 aromatic heterocycles. The van der Waals surface area contributed by atoms with Gasteiger partial charge in [-0.05, 0) is 32.4 Å². The Bertz CT molecular complexity index is 393. The first-order valence-corrected chi connectivity index (χ1v) is 5.77. The van der Waals surface area contributed by atoms with Crippen LogP contribution in [0.5, 0.6) is 0 Å². The number of fused-ring (bicyclic) bond motifs is 1. The number of carbonyl (C=O) groups excluding carboxylic acids is 1. The Hall–Kier alpha value is -0.760. The molecular weight excluding hydrogens is 192 g/mol. The maximum Gasteiger partial charge on any atom is 0.178 e. The first-order valence-electron chi connectivity index (χ1n) is 4.79. The van der Waals surface area contributed by atoms with Gasteiger partial charge in [-0.1, -0.05) is 17.7 Å². The summed E-state index contributed by atoms with van der Waals surface area (Å²) in [6.07, 6.45) is 0. The highest BCUT2D eigenvalue weighted by molar-refractivity contribution is 8.00. The van der Waals surface area contributed by atoms with Gasteiger partial charge in [0.15, 0.2) is 5.78 Å². The van der Waals surface area contributed by atoms with Crippen molar-refractivity contribution in [1.29, 1.82) is 0 Å². The lowest BCUT2D eigenvalue weighted by Gasteiger charge is -2.29. The molecule has 0 radical (unpaired) electrons. The lowest BCUT2D eigenvalue weighted by atomic mass is 9.94. The molecule has 1 aromatic carbocycles. The third-order valence-electron chi connectivity index (χ3n) is 2.65. The van der Waals surface area contributed by atoms with Crippen LogP contribution in [0.2, 0.25) is 0 Å². The molecular formula is C12H14OS. The highest BCUT2D eigenvalue weighted by Crippen LogP contribution is 2.38. The Morgan fingerprint density at radius 3 is 2.79 bits per heavy atom. The average molecular weight is 206 g/mol. The molecule has 74 valence electrons. The normalized spacial score (nSPS) is 19.2. The summed E-state index contributed by atoms with van der Waals surface area (Å²) in [5.74, 6) is 1.22. The van der Waals surface area contributed by atoms with E-state index in [2.05, 4.69) is 12.1 Å². The smallest absolute Gasteiger partial charge is 0.178 e. The molecule has 0 N–H and O–H groups in total. The number of aryl methyl sites for hydroxylation is 1. The highest BCUT2D eigenvalue weighted by Gasteiger charge is 2.34. The summed E-state index contributed by atoms with van der Waals surface area (Å²) in [6, 6.07) is 6.16. The van der Waals surface area contributed by atoms with Crippen molar-refractivity contribution in [3.63, 3.8) is 0 Å². The van der Waals surface area contributed by atoms with Crippen LogP contribution in [-0.4, -0.2) is 10.5 Å². The van der Waals surface area contributed by atoms with E-state index < -0.39 is 0 Å². The number of hydrogen-bond acceptors (Lipinski definition) is 2. The van der Waals surface area contributed by atoms with Gasteiger partial charge in [-0.25, -0.2) is 0 Å². The third kappa shape index (κ3) is 1.48. The Morgan fingerprint density at radius 2 is 2.07 bits per heavy atom. The van der Waals surface area contributed by atoms with Crippen LogP contribution in [0.1, 0.15) is 35.3 Å². The van der Waals surface area contributed by atoms with Gasteiger partial charge in [0.2, 0.25) is 0 Å². The summed E-state index contributed by atoms with van der Waals surface area (Å²) >= 11 is 1.73. The monoisotopic (exact) mass is 206 g/mol. The number of ketones is 1. The standard InChI is InChI=1S/C12H14OS/c1-8-4-5-9-7-14-12(2,3)11(13)10(9)6-8/h4-6H,7H2,1-3H3. The lowest BCUT2D eigenvalue weighted by Crippen LogP contribution is -2.32. The van der Waals surface area contributed by atoms with Gasteiger partial charge in [-0.2, -0.15) is 0 Å². The number of rotatable bonds is 0. The SMILES string of the molecule is Cc1ccc2c(c1)C(=O)C(C)(C)SC2. The van der Waals surface area contributed by atoms with Crippen molar-refractivity contribution in [2.75, 3.05) is 0 Å². The minimum absolute atomic E-state index is 0.249. The van der Waals surface area contributed by atoms with Gasteiger partial charge in [0.25, 0.3) is 0 Å². The van der Waals surface area contributed by atoms with E-state index in [1.807, 2.05) is 26.8 Å². The van der Waals surface area contributed by atoms with Crippen molar-refractivity contribution in [2.24, 2.45) is 0 Å². The zero-order chi connectivity index (χ0) is 10.3. The van der Waals surface area contributed by atoms with E-state index in [1.54, 1.807) is 11.8 Å². The van der Waals surface area contributed by atoms with E-state index in [0.29, 0.717) is 0 Å². The minimum Gasteiger partial charge on any atom is -0.293 e. The number of thioether (sulfide) groups is 1. The van der Waals surface area contributed by atoms with Gasteiger partial charge in [-0.15, -0.1) is 11.8 Å². The van der Waals surface area contributed by atoms with Crippen molar-refractivity contribution in [3.8, 4) is 0 Å². The second kappa shape index (κ2) is 3.13. The Kier molecular flexibility index (Phi) is 2.18. The van der Waals surface area contributed by atoms with Crippen molar-refractivity contribution in [3.05, 3.63) is 34.9 Å². The number of benzene rings is 1. The zero-order valence-electron chi connectivity index (χ0n) is 8.76. The molecule has 0 fully saturated rings. The van der Waals surface area contributed by atoms with Gasteiger partial charge >= 0.3 is 0 Å². The summed E-state index contributed by atoms with van der Waals surface area (Å²) in [7, 11) is 0. The molecule has 0 atom stereocenters. The second-order valence-corrected chi connectivity index (χ2v) is 5.89. The van der Waals surface area contributed by atoms with Crippen molar-refractivity contribution >= 4 is 17.5 Å². The molecule has 1 aliphatic rings. The van der Waals surface area contributed by atoms with E-state index in [4.69, 9.17) is 0 Å². The summed E-state index contributed by atoms with van der Waals surface area (Å²) in [5.41, 5.74) is 3.28. The van der Waals surface area contributed by atoms with E-state index in [-0.39, 0.29) is 10.5 Å². The fraction of sp³-hybridized carbons (Fsp3) is 0.417. The largest absolute Gasteiger partial charge is 0.293 e. The van der Waals surface area contributed by atoms with Gasteiger partial charge < -0.3 is 0 Å². The molecule has 1 aromatic rings. The van der Waals surface area contributed by atoms with Crippen LogP contribution < -0.4 is 0 Å². The molecule has 0 spiro atoms. The second-order valence-electron chi connectivity index (χ2n) is 4.29. The molecule has 0 unspecified atom stereocenters. The molecule has 0 aliphatic carbocycles. The molecule has 14 heavy (non-hydrogen) atoms. The molecule has 0 saturated heterocycles. The predicted octanol–water partition coefficient (Wildman–Crippen LogP) is 3.20. The first-order chi connectivity index (χ1) is 6.50. The molecule has 0 saturated carbocycles. The van der Waals surface area contributed by atoms with Crippen LogP contribution >= 0.6 is 11.8 Å². The number of carbonyl (C=O) groups is 1. The molecule has 1 aliphatic heterocycles. The van der Waals surface area contributed by atoms with Crippen LogP contribution in [0.3, 0.4) is 0 Å². The van der Waals surface area contributed by atoms with E-state index in [1.165, 1.54) is 11.1 Å². The zero-order valence-corrected chi connectivity index (χ0v) is 9.57. The van der Waals surface area contributed by atoms with Gasteiger partial charge in [0.05, 0.1) is 4.75 Å². The van der Waals surface area contributed by atoms with Crippen molar-refractivity contribution in [1.82, 2.24) is 0 Å². The van der Waals surface area contributed by atoms with Crippen LogP contribution in [0.15, 0.2) is 18.2 Å². The predicted molar refractivity (Wildman–Crippen MR) is 60.9 cm³/mol. The quantitative estimate of drug-likeness (QED) is 0.648. The highest BCUT2D eigenvalue weighted by atomic mass is 32.2. The Labute approximate surface area is 88.9 Å². The van der Waals surface area contributed by atoms with Gasteiger partial charge in [0, 0.05) is 11.3 Å². The molecule has 0 amide bonds. The van der Waals surface area contributed by atoms with Crippen LogP contribution in [-0.2, 0) is 5.75 Å². The fourth-order valence-electron chi connectivity index (χ4n) is 1.68. The van der Waals surface area contributed by atoms with Crippen LogP contribution in [0.25, 0.3) is 0 Å². The molecule has 1 nitrogen and oxygen atoms in total. The summed E-state index contributed by atoms with van der Waals surface area (Å²) in [6.45, 7) is 6.04. The number of Topliss-reactive ketones (excluding diaryl/α,β-unsaturated/α-hetero) is 1. The fourth-order valence-corrected chi connectivity index (χ4v) is 2.68. The maximum atomic E-state index is 12.1. The molecule has 2 rings (SSSR count). The first kappa shape index (κ1) is 9.78. The van der Waals surface area contributed by atoms with Gasteiger partial charge in [-0.3, -0.25) is 4.79 Å². The minimum atomic E-state index is -0.249. The van der Waals surface area contributed by atoms with Crippen molar-refractivity contribution in [2.45, 2.75) is 31.3 Å². The molecule has 0 bridgehead atoms. The van der Waals surface area contributed by atoms with Crippen LogP contribution in [0.4, 0.5) is 0 Å². The summed E-state index contributed by atoms with van der Waals surface area (Å²) in [5, 5.41) is 0. The van der Waals surface area contributed by atoms with Crippen LogP contribution in [0, 0.1) is 6.92 Å². The summed E-state index contributed by atoms with van der Waals surface area (Å²) < 4.78 is -0.249. The summed E-state index contributed by atoms with van der Waals surface area (Å²) in [4.78, 5) is 12.1. The van der Waals surface area contributed by atoms with Gasteiger partial charge in [0.1, 0.15) is 0 Å². The van der Waals surface area contributed by atoms with E-state index in [9.17, 15) is 4.79 Å². The van der Waals surface area contributed by atoms with E-state index >= 15 is 0 Å². The Morgan fingerprint density at radius 1 is 1.36 bits per heavy atom. The maximum absolute atomic E-state index is 12.1. The van der Waals surface area contributed by atoms with Crippen molar-refractivity contribution < 1.29 is 4.79 Å². The molecule has 1 heterocycles. The Balaban J connectivity index is 2.54. The average Bonchev–Trinajstić information content (AvgIpc) is 2.13. The number of hydrogen-bond donors (Lipinski definition) is 0. The van der Waals surface area contributed by atoms with E-state index in [0.717, 1.165) is 11.3 Å². The molecule has 2 heteroatoms. The topological polar surface area (TPSA) is 17.1 Å². The lowest BCUT2D eigenvalue weighted by molar-refractivity contribution is 0.0955. The third-order valence-corrected chi connectivity index (χ3v) is 4.01.